The van der Waals surface area contributed by atoms with E-state index in [1.165, 1.54) is 12.1 Å². The van der Waals surface area contributed by atoms with Crippen LogP contribution in [0.1, 0.15) is 10.4 Å². The number of rotatable bonds is 2. The van der Waals surface area contributed by atoms with Gasteiger partial charge in [0.25, 0.3) is 0 Å². The van der Waals surface area contributed by atoms with E-state index in [1.54, 1.807) is 18.2 Å². The minimum atomic E-state index is -4.66. The Labute approximate surface area is 84.2 Å². The average molecular weight is 215 g/mol. The Morgan fingerprint density at radius 3 is 2.20 bits per heavy atom. The van der Waals surface area contributed by atoms with Crippen molar-refractivity contribution in [1.29, 1.82) is 0 Å². The largest absolute Gasteiger partial charge is 0.430 e. The first-order valence-electron chi connectivity index (χ1n) is 4.05. The van der Waals surface area contributed by atoms with Gasteiger partial charge in [-0.05, 0) is 0 Å². The number of benzene rings is 1. The summed E-state index contributed by atoms with van der Waals surface area (Å²) in [7, 11) is 0. The van der Waals surface area contributed by atoms with Crippen molar-refractivity contribution in [2.24, 2.45) is 5.73 Å². The third-order valence-corrected chi connectivity index (χ3v) is 1.67. The molecule has 0 heterocycles. The molecule has 15 heavy (non-hydrogen) atoms. The highest BCUT2D eigenvalue weighted by atomic mass is 19.4. The van der Waals surface area contributed by atoms with E-state index in [1.807, 2.05) is 0 Å². The van der Waals surface area contributed by atoms with Gasteiger partial charge < -0.3 is 5.73 Å². The van der Waals surface area contributed by atoms with Crippen LogP contribution in [-0.2, 0) is 0 Å². The molecule has 1 aromatic rings. The Bertz CT molecular complexity index is 381. The van der Waals surface area contributed by atoms with Crippen molar-refractivity contribution >= 4 is 5.78 Å². The molecular weight excluding hydrogens is 207 g/mol. The van der Waals surface area contributed by atoms with Gasteiger partial charge in [-0.3, -0.25) is 4.79 Å². The minimum absolute atomic E-state index is 0.171. The summed E-state index contributed by atoms with van der Waals surface area (Å²) in [4.78, 5) is 11.2. The topological polar surface area (TPSA) is 43.1 Å². The van der Waals surface area contributed by atoms with Gasteiger partial charge in [0, 0.05) is 11.6 Å². The summed E-state index contributed by atoms with van der Waals surface area (Å²) in [6.07, 6.45) is -4.28. The molecule has 0 aliphatic rings. The fourth-order valence-corrected chi connectivity index (χ4v) is 0.909. The van der Waals surface area contributed by atoms with Crippen molar-refractivity contribution in [2.45, 2.75) is 6.18 Å². The third-order valence-electron chi connectivity index (χ3n) is 1.67. The Balaban J connectivity index is 2.90. The molecule has 0 saturated carbocycles. The first-order chi connectivity index (χ1) is 6.91. The SMILES string of the molecule is N/C(=C\C(=O)c1ccccc1)C(F)(F)F. The molecule has 0 aromatic heterocycles. The predicted molar refractivity (Wildman–Crippen MR) is 49.1 cm³/mol. The molecule has 0 amide bonds. The van der Waals surface area contributed by atoms with Crippen LogP contribution in [-0.4, -0.2) is 12.0 Å². The lowest BCUT2D eigenvalue weighted by Crippen LogP contribution is -2.20. The van der Waals surface area contributed by atoms with E-state index < -0.39 is 17.7 Å². The summed E-state index contributed by atoms with van der Waals surface area (Å²) in [5.41, 5.74) is 3.48. The van der Waals surface area contributed by atoms with E-state index in [2.05, 4.69) is 0 Å². The van der Waals surface area contributed by atoms with E-state index in [-0.39, 0.29) is 5.56 Å². The highest BCUT2D eigenvalue weighted by Crippen LogP contribution is 2.21. The van der Waals surface area contributed by atoms with Crippen molar-refractivity contribution in [3.63, 3.8) is 0 Å². The van der Waals surface area contributed by atoms with Gasteiger partial charge in [-0.15, -0.1) is 0 Å². The number of carbonyl (C=O) groups excluding carboxylic acids is 1. The maximum absolute atomic E-state index is 12.0. The van der Waals surface area contributed by atoms with Crippen LogP contribution in [0.3, 0.4) is 0 Å². The summed E-state index contributed by atoms with van der Waals surface area (Å²) in [5.74, 6) is -0.759. The first-order valence-corrected chi connectivity index (χ1v) is 4.05. The minimum Gasteiger partial charge on any atom is -0.395 e. The molecule has 1 rings (SSSR count). The summed E-state index contributed by atoms with van der Waals surface area (Å²) in [6, 6.07) is 7.62. The second-order valence-corrected chi connectivity index (χ2v) is 2.83. The lowest BCUT2D eigenvalue weighted by molar-refractivity contribution is -0.0927. The molecule has 1 aromatic carbocycles. The van der Waals surface area contributed by atoms with Crippen molar-refractivity contribution in [3.05, 3.63) is 47.7 Å². The number of hydrogen-bond acceptors (Lipinski definition) is 2. The molecule has 0 saturated heterocycles. The van der Waals surface area contributed by atoms with Gasteiger partial charge in [-0.2, -0.15) is 13.2 Å². The number of carbonyl (C=O) groups is 1. The van der Waals surface area contributed by atoms with Crippen LogP contribution in [0, 0.1) is 0 Å². The standard InChI is InChI=1S/C10H8F3NO/c11-10(12,13)9(14)6-8(15)7-4-2-1-3-5-7/h1-6H,14H2/b9-6-. The Hall–Kier alpha value is -1.78. The Kier molecular flexibility index (Phi) is 3.14. The zero-order chi connectivity index (χ0) is 11.5. The molecule has 0 unspecified atom stereocenters. The quantitative estimate of drug-likeness (QED) is 0.607. The van der Waals surface area contributed by atoms with E-state index >= 15 is 0 Å². The van der Waals surface area contributed by atoms with Crippen LogP contribution in [0.4, 0.5) is 13.2 Å². The van der Waals surface area contributed by atoms with Crippen molar-refractivity contribution in [3.8, 4) is 0 Å². The zero-order valence-corrected chi connectivity index (χ0v) is 7.58. The van der Waals surface area contributed by atoms with Crippen LogP contribution < -0.4 is 5.73 Å². The Morgan fingerprint density at radius 2 is 1.73 bits per heavy atom. The Morgan fingerprint density at radius 1 is 1.20 bits per heavy atom. The number of nitrogens with two attached hydrogens (primary N) is 1. The van der Waals surface area contributed by atoms with E-state index in [9.17, 15) is 18.0 Å². The van der Waals surface area contributed by atoms with Crippen LogP contribution in [0.2, 0.25) is 0 Å². The molecule has 0 bridgehead atoms. The molecule has 2 N–H and O–H groups in total. The molecule has 0 spiro atoms. The number of allylic oxidation sites excluding steroid dienone is 2. The van der Waals surface area contributed by atoms with E-state index in [0.717, 1.165) is 0 Å². The van der Waals surface area contributed by atoms with Crippen LogP contribution >= 0.6 is 0 Å². The molecule has 0 aliphatic heterocycles. The maximum atomic E-state index is 12.0. The second-order valence-electron chi connectivity index (χ2n) is 2.83. The zero-order valence-electron chi connectivity index (χ0n) is 7.58. The number of alkyl halides is 3. The van der Waals surface area contributed by atoms with Gasteiger partial charge in [-0.1, -0.05) is 30.3 Å². The van der Waals surface area contributed by atoms with Crippen molar-refractivity contribution in [1.82, 2.24) is 0 Å². The lowest BCUT2D eigenvalue weighted by atomic mass is 10.1. The van der Waals surface area contributed by atoms with Crippen LogP contribution in [0.25, 0.3) is 0 Å². The highest BCUT2D eigenvalue weighted by Gasteiger charge is 2.31. The molecule has 2 nitrogen and oxygen atoms in total. The average Bonchev–Trinajstić information content (AvgIpc) is 2.17. The van der Waals surface area contributed by atoms with Gasteiger partial charge in [-0.25, -0.2) is 0 Å². The molecule has 80 valence electrons. The smallest absolute Gasteiger partial charge is 0.395 e. The molecule has 0 fully saturated rings. The molecule has 0 radical (unpaired) electrons. The number of ketones is 1. The van der Waals surface area contributed by atoms with Crippen molar-refractivity contribution in [2.75, 3.05) is 0 Å². The fourth-order valence-electron chi connectivity index (χ4n) is 0.909. The summed E-state index contributed by atoms with van der Waals surface area (Å²) in [6.45, 7) is 0. The van der Waals surface area contributed by atoms with Gasteiger partial charge in [0.05, 0.1) is 0 Å². The third kappa shape index (κ3) is 3.12. The molecule has 0 atom stereocenters. The van der Waals surface area contributed by atoms with Gasteiger partial charge in [0.2, 0.25) is 0 Å². The summed E-state index contributed by atoms with van der Waals surface area (Å²) in [5, 5.41) is 0. The van der Waals surface area contributed by atoms with Gasteiger partial charge in [0.1, 0.15) is 5.70 Å². The van der Waals surface area contributed by atoms with Crippen LogP contribution in [0.15, 0.2) is 42.1 Å². The van der Waals surface area contributed by atoms with E-state index in [4.69, 9.17) is 5.73 Å². The summed E-state index contributed by atoms with van der Waals surface area (Å²) < 4.78 is 35.9. The molecular formula is C10H8F3NO. The summed E-state index contributed by atoms with van der Waals surface area (Å²) >= 11 is 0. The maximum Gasteiger partial charge on any atom is 0.430 e. The van der Waals surface area contributed by atoms with Crippen molar-refractivity contribution < 1.29 is 18.0 Å². The molecule has 5 heteroatoms. The number of halogens is 3. The second kappa shape index (κ2) is 4.16. The fraction of sp³-hybridized carbons (Fsp3) is 0.100. The normalized spacial score (nSPS) is 12.6. The lowest BCUT2D eigenvalue weighted by Gasteiger charge is -2.05. The van der Waals surface area contributed by atoms with Crippen LogP contribution in [0.5, 0.6) is 0 Å². The number of hydrogen-bond donors (Lipinski definition) is 1. The predicted octanol–water partition coefficient (Wildman–Crippen LogP) is 2.27. The van der Waals surface area contributed by atoms with Gasteiger partial charge >= 0.3 is 6.18 Å². The highest BCUT2D eigenvalue weighted by molar-refractivity contribution is 6.04. The van der Waals surface area contributed by atoms with E-state index in [0.29, 0.717) is 6.08 Å². The van der Waals surface area contributed by atoms with Gasteiger partial charge in [0.15, 0.2) is 5.78 Å². The molecule has 0 aliphatic carbocycles. The first kappa shape index (κ1) is 11.3. The monoisotopic (exact) mass is 215 g/mol.